The molecule has 2 rings (SSSR count). The van der Waals surface area contributed by atoms with Gasteiger partial charge in [-0.2, -0.15) is 0 Å². The van der Waals surface area contributed by atoms with Crippen molar-refractivity contribution >= 4 is 11.6 Å². The van der Waals surface area contributed by atoms with Gasteiger partial charge in [-0.1, -0.05) is 5.16 Å². The SMILES string of the molecule is Clc1cc(C2CCNCC2)no1. The van der Waals surface area contributed by atoms with Crippen LogP contribution in [0.15, 0.2) is 10.6 Å². The minimum absolute atomic E-state index is 0.392. The number of rotatable bonds is 1. The number of aromatic nitrogens is 1. The first-order valence-electron chi connectivity index (χ1n) is 4.19. The number of piperidine rings is 1. The smallest absolute Gasteiger partial charge is 0.226 e. The van der Waals surface area contributed by atoms with Crippen LogP contribution < -0.4 is 5.32 Å². The zero-order valence-corrected chi connectivity index (χ0v) is 7.47. The number of hydrogen-bond acceptors (Lipinski definition) is 3. The molecule has 0 radical (unpaired) electrons. The fourth-order valence-electron chi connectivity index (χ4n) is 1.58. The molecule has 1 aliphatic rings. The molecule has 1 N–H and O–H groups in total. The molecule has 0 aromatic carbocycles. The fourth-order valence-corrected chi connectivity index (χ4v) is 1.72. The molecule has 1 aliphatic heterocycles. The van der Waals surface area contributed by atoms with Crippen LogP contribution in [0.2, 0.25) is 5.22 Å². The summed E-state index contributed by atoms with van der Waals surface area (Å²) in [4.78, 5) is 0. The van der Waals surface area contributed by atoms with Crippen molar-refractivity contribution in [2.45, 2.75) is 18.8 Å². The summed E-state index contributed by atoms with van der Waals surface area (Å²) in [5.41, 5.74) is 1.00. The predicted molar refractivity (Wildman–Crippen MR) is 46.4 cm³/mol. The lowest BCUT2D eigenvalue weighted by Crippen LogP contribution is -2.26. The summed E-state index contributed by atoms with van der Waals surface area (Å²) in [6.07, 6.45) is 2.26. The van der Waals surface area contributed by atoms with Gasteiger partial charge in [0.25, 0.3) is 0 Å². The van der Waals surface area contributed by atoms with E-state index in [1.54, 1.807) is 0 Å². The zero-order chi connectivity index (χ0) is 8.39. The Bertz CT molecular complexity index is 255. The summed E-state index contributed by atoms with van der Waals surface area (Å²) in [6.45, 7) is 2.13. The largest absolute Gasteiger partial charge is 0.344 e. The van der Waals surface area contributed by atoms with Gasteiger partial charge in [0, 0.05) is 12.0 Å². The highest BCUT2D eigenvalue weighted by Crippen LogP contribution is 2.25. The van der Waals surface area contributed by atoms with E-state index in [1.807, 2.05) is 6.07 Å². The van der Waals surface area contributed by atoms with Crippen molar-refractivity contribution in [3.63, 3.8) is 0 Å². The van der Waals surface area contributed by atoms with Gasteiger partial charge in [-0.3, -0.25) is 0 Å². The van der Waals surface area contributed by atoms with Crippen molar-refractivity contribution in [1.29, 1.82) is 0 Å². The van der Waals surface area contributed by atoms with Crippen LogP contribution in [-0.4, -0.2) is 18.2 Å². The van der Waals surface area contributed by atoms with E-state index in [1.165, 1.54) is 0 Å². The minimum Gasteiger partial charge on any atom is -0.344 e. The summed E-state index contributed by atoms with van der Waals surface area (Å²) in [5, 5.41) is 7.60. The summed E-state index contributed by atoms with van der Waals surface area (Å²) in [5.74, 6) is 0.530. The molecule has 4 heteroatoms. The van der Waals surface area contributed by atoms with Gasteiger partial charge in [0.2, 0.25) is 5.22 Å². The first-order valence-corrected chi connectivity index (χ1v) is 4.57. The van der Waals surface area contributed by atoms with E-state index in [2.05, 4.69) is 10.5 Å². The van der Waals surface area contributed by atoms with Crippen LogP contribution >= 0.6 is 11.6 Å². The van der Waals surface area contributed by atoms with Crippen LogP contribution in [0.1, 0.15) is 24.5 Å². The number of halogens is 1. The van der Waals surface area contributed by atoms with Crippen molar-refractivity contribution in [3.8, 4) is 0 Å². The second kappa shape index (κ2) is 3.46. The second-order valence-electron chi connectivity index (χ2n) is 3.08. The molecular formula is C8H11ClN2O. The van der Waals surface area contributed by atoms with E-state index in [0.29, 0.717) is 11.1 Å². The van der Waals surface area contributed by atoms with Gasteiger partial charge in [-0.05, 0) is 37.5 Å². The molecule has 1 aromatic rings. The molecule has 2 heterocycles. The number of hydrogen-bond donors (Lipinski definition) is 1. The molecule has 0 unspecified atom stereocenters. The van der Waals surface area contributed by atoms with Gasteiger partial charge < -0.3 is 9.84 Å². The molecular weight excluding hydrogens is 176 g/mol. The highest BCUT2D eigenvalue weighted by molar-refractivity contribution is 6.28. The monoisotopic (exact) mass is 186 g/mol. The van der Waals surface area contributed by atoms with Crippen LogP contribution in [-0.2, 0) is 0 Å². The average molecular weight is 187 g/mol. The first-order chi connectivity index (χ1) is 5.86. The van der Waals surface area contributed by atoms with E-state index in [0.717, 1.165) is 31.6 Å². The maximum absolute atomic E-state index is 5.63. The van der Waals surface area contributed by atoms with Crippen molar-refractivity contribution in [2.75, 3.05) is 13.1 Å². The fraction of sp³-hybridized carbons (Fsp3) is 0.625. The summed E-state index contributed by atoms with van der Waals surface area (Å²) < 4.78 is 4.81. The van der Waals surface area contributed by atoms with E-state index in [4.69, 9.17) is 16.1 Å². The van der Waals surface area contributed by atoms with Crippen molar-refractivity contribution in [3.05, 3.63) is 17.0 Å². The molecule has 1 fully saturated rings. The Morgan fingerprint density at radius 2 is 2.25 bits per heavy atom. The van der Waals surface area contributed by atoms with E-state index in [9.17, 15) is 0 Å². The van der Waals surface area contributed by atoms with Crippen molar-refractivity contribution in [2.24, 2.45) is 0 Å². The molecule has 0 aliphatic carbocycles. The first kappa shape index (κ1) is 8.08. The van der Waals surface area contributed by atoms with Crippen LogP contribution in [0.3, 0.4) is 0 Å². The van der Waals surface area contributed by atoms with Gasteiger partial charge in [-0.25, -0.2) is 0 Å². The molecule has 1 saturated heterocycles. The zero-order valence-electron chi connectivity index (χ0n) is 6.72. The van der Waals surface area contributed by atoms with E-state index < -0.39 is 0 Å². The van der Waals surface area contributed by atoms with Crippen molar-refractivity contribution < 1.29 is 4.52 Å². The Morgan fingerprint density at radius 3 is 2.83 bits per heavy atom. The molecule has 0 bridgehead atoms. The number of nitrogens with zero attached hydrogens (tertiary/aromatic N) is 1. The Morgan fingerprint density at radius 1 is 1.50 bits per heavy atom. The van der Waals surface area contributed by atoms with Crippen molar-refractivity contribution in [1.82, 2.24) is 10.5 Å². The van der Waals surface area contributed by atoms with Crippen LogP contribution in [0.25, 0.3) is 0 Å². The standard InChI is InChI=1S/C8H11ClN2O/c9-8-5-7(11-12-8)6-1-3-10-4-2-6/h5-6,10H,1-4H2. The van der Waals surface area contributed by atoms with Crippen LogP contribution in [0, 0.1) is 0 Å². The lowest BCUT2D eigenvalue weighted by molar-refractivity contribution is 0.386. The lowest BCUT2D eigenvalue weighted by Gasteiger charge is -2.19. The van der Waals surface area contributed by atoms with E-state index >= 15 is 0 Å². The Labute approximate surface area is 76.1 Å². The highest BCUT2D eigenvalue weighted by Gasteiger charge is 2.18. The molecule has 3 nitrogen and oxygen atoms in total. The second-order valence-corrected chi connectivity index (χ2v) is 3.45. The Balaban J connectivity index is 2.08. The molecule has 66 valence electrons. The summed E-state index contributed by atoms with van der Waals surface area (Å²) in [7, 11) is 0. The predicted octanol–water partition coefficient (Wildman–Crippen LogP) is 1.79. The van der Waals surface area contributed by atoms with Gasteiger partial charge >= 0.3 is 0 Å². The Hall–Kier alpha value is -0.540. The molecule has 0 amide bonds. The molecule has 12 heavy (non-hydrogen) atoms. The molecule has 1 aromatic heterocycles. The van der Waals surface area contributed by atoms with Crippen LogP contribution in [0.5, 0.6) is 0 Å². The quantitative estimate of drug-likeness (QED) is 0.727. The molecule has 0 saturated carbocycles. The van der Waals surface area contributed by atoms with E-state index in [-0.39, 0.29) is 0 Å². The van der Waals surface area contributed by atoms with Gasteiger partial charge in [-0.15, -0.1) is 0 Å². The van der Waals surface area contributed by atoms with Gasteiger partial charge in [0.1, 0.15) is 0 Å². The summed E-state index contributed by atoms with van der Waals surface area (Å²) in [6, 6.07) is 1.82. The average Bonchev–Trinajstić information content (AvgIpc) is 2.54. The maximum Gasteiger partial charge on any atom is 0.226 e. The van der Waals surface area contributed by atoms with Gasteiger partial charge in [0.05, 0.1) is 5.69 Å². The van der Waals surface area contributed by atoms with Crippen LogP contribution in [0.4, 0.5) is 0 Å². The lowest BCUT2D eigenvalue weighted by atomic mass is 9.95. The number of nitrogens with one attached hydrogen (secondary N) is 1. The Kier molecular flexibility index (Phi) is 2.33. The summed E-state index contributed by atoms with van der Waals surface area (Å²) >= 11 is 5.63. The maximum atomic E-state index is 5.63. The third-order valence-electron chi connectivity index (χ3n) is 2.26. The third-order valence-corrected chi connectivity index (χ3v) is 2.44. The highest BCUT2D eigenvalue weighted by atomic mass is 35.5. The van der Waals surface area contributed by atoms with Gasteiger partial charge in [0.15, 0.2) is 0 Å². The normalized spacial score (nSPS) is 19.8. The third kappa shape index (κ3) is 1.62. The molecule has 0 atom stereocenters. The minimum atomic E-state index is 0.392. The topological polar surface area (TPSA) is 38.1 Å². The molecule has 0 spiro atoms.